The number of ether oxygens (including phenoxy) is 4. The van der Waals surface area contributed by atoms with Crippen LogP contribution in [0.5, 0.6) is 0 Å². The summed E-state index contributed by atoms with van der Waals surface area (Å²) in [7, 11) is -6.72. The molecule has 36 nitrogen and oxygen atoms in total. The second-order valence-electron chi connectivity index (χ2n) is 33.7. The van der Waals surface area contributed by atoms with Crippen LogP contribution in [0, 0.1) is 41.8 Å². The van der Waals surface area contributed by atoms with E-state index in [1.54, 1.807) is 147 Å². The van der Waals surface area contributed by atoms with Gasteiger partial charge in [-0.25, -0.2) is 82.3 Å². The van der Waals surface area contributed by atoms with Gasteiger partial charge in [0, 0.05) is 176 Å². The number of benzene rings is 8. The minimum absolute atomic E-state index is 0.0248. The molecule has 12 N–H and O–H groups in total. The first-order valence-electron chi connectivity index (χ1n) is 46.7. The van der Waals surface area contributed by atoms with Crippen LogP contribution in [0.25, 0.3) is 90.1 Å². The molecule has 12 heterocycles. The number of aryl methyl sites for hydroxylation is 1. The molecule has 0 atom stereocenters. The Morgan fingerprint density at radius 1 is 0.324 bits per heavy atom. The van der Waals surface area contributed by atoms with Crippen LogP contribution in [0.15, 0.2) is 272 Å². The van der Waals surface area contributed by atoms with Crippen molar-refractivity contribution in [3.8, 4) is 90.1 Å². The molecule has 8 aromatic carbocycles. The Morgan fingerprint density at radius 2 is 0.601 bits per heavy atom. The summed E-state index contributed by atoms with van der Waals surface area (Å²) < 4.78 is 159. The summed E-state index contributed by atoms with van der Waals surface area (Å²) in [6.07, 6.45) is 14.3. The second-order valence-corrected chi connectivity index (χ2v) is 38.0. The number of imidazole rings is 4. The number of anilines is 12. The third kappa shape index (κ3) is 25.2. The molecule has 4 aliphatic rings. The Balaban J connectivity index is 0.000000135. The Hall–Kier alpha value is -17.2. The number of sulfone groups is 2. The van der Waals surface area contributed by atoms with Gasteiger partial charge in [-0.15, -0.1) is 0 Å². The summed E-state index contributed by atoms with van der Waals surface area (Å²) in [6.45, 7) is 13.3. The monoisotopic (exact) mass is 2050 g/mol. The number of nitrogens with one attached hydrogen (secondary N) is 12. The number of carbonyl (C=O) groups is 4. The van der Waals surface area contributed by atoms with Crippen LogP contribution in [-0.4, -0.2) is 218 Å². The summed E-state index contributed by atoms with van der Waals surface area (Å²) >= 11 is 0. The van der Waals surface area contributed by atoms with Crippen LogP contribution in [-0.2, 0) is 38.6 Å². The Bertz CT molecular complexity index is 7640. The maximum absolute atomic E-state index is 15.8. The fourth-order valence-corrected chi connectivity index (χ4v) is 17.7. The Morgan fingerprint density at radius 3 is 0.885 bits per heavy atom. The van der Waals surface area contributed by atoms with Crippen molar-refractivity contribution in [2.24, 2.45) is 0 Å². The Labute approximate surface area is 844 Å². The molecule has 4 aliphatic heterocycles. The van der Waals surface area contributed by atoms with E-state index in [9.17, 15) is 44.8 Å². The molecule has 8 aromatic heterocycles. The fraction of sp³-hybridized carbons (Fsp3) is 0.192. The standard InChI is InChI=1S/C27H27FN6O4S.C26H25FN6O4S.C26H25FN6O2.C25H21F3N6O2/c1-2-39(36,37)20-8-6-19(7-9-20)30-27(35)31-22-5-3-4-21(23(22)28)25-24(18-10-12-29-13-11-18)32-26(33-25)34-14-16-38-17-15-34;1-38(35,36)19-7-5-18(6-8-19)29-26(34)30-21-4-2-3-20(22(21)27)24-23(17-9-11-28-12-10-17)31-25(32-24)33-13-15-37-16-14-33;1-17-4-2-5-19(16-17)29-26(34)30-21-7-3-6-20(22(21)27)24-23(18-8-10-28-11-9-18)31-25(32-24)33-12-14-35-15-13-33;26-16-4-5-19(18(27)14-16)30-25(35)31-20-3-1-2-17(21(20)28)23-22(15-6-8-29-9-7-15)32-24(33-23)34-10-12-36-13-11-34/h3-13H,2,14-17H2,1H3,(H,32,33)(H2,30,31,35);2-12H,13-16H2,1H3,(H,31,32)(H2,29,30,34);2-11,16H,12-15H2,1H3,(H,31,32)(H2,29,30,34);1-9,14H,10-13H2,(H,32,33)(H2,30,31,35). The van der Waals surface area contributed by atoms with Gasteiger partial charge < -0.3 is 101 Å². The lowest BCUT2D eigenvalue weighted by Crippen LogP contribution is -2.36. The summed E-state index contributed by atoms with van der Waals surface area (Å²) in [6, 6.07) is 52.1. The van der Waals surface area contributed by atoms with E-state index in [4.69, 9.17) is 38.9 Å². The average molecular weight is 2050 g/mol. The number of rotatable bonds is 23. The van der Waals surface area contributed by atoms with E-state index in [0.29, 0.717) is 203 Å². The molecule has 148 heavy (non-hydrogen) atoms. The van der Waals surface area contributed by atoms with Gasteiger partial charge in [0.05, 0.1) is 142 Å². The van der Waals surface area contributed by atoms with Gasteiger partial charge in [-0.1, -0.05) is 43.3 Å². The van der Waals surface area contributed by atoms with Gasteiger partial charge in [0.2, 0.25) is 23.8 Å². The maximum Gasteiger partial charge on any atom is 0.323 e. The van der Waals surface area contributed by atoms with E-state index in [-0.39, 0.29) is 60.7 Å². The highest BCUT2D eigenvalue weighted by molar-refractivity contribution is 7.91. The zero-order valence-corrected chi connectivity index (χ0v) is 81.3. The van der Waals surface area contributed by atoms with Crippen LogP contribution in [0.4, 0.5) is 115 Å². The smallest absolute Gasteiger partial charge is 0.323 e. The summed E-state index contributed by atoms with van der Waals surface area (Å²) in [4.78, 5) is 107. The number of urea groups is 4. The van der Waals surface area contributed by atoms with Crippen LogP contribution in [0.2, 0.25) is 0 Å². The number of halogens is 6. The summed E-state index contributed by atoms with van der Waals surface area (Å²) in [5.41, 5.74) is 10.1. The number of hydrogen-bond donors (Lipinski definition) is 12. The Kier molecular flexibility index (Phi) is 32.5. The van der Waals surface area contributed by atoms with Gasteiger partial charge in [-0.05, 0) is 182 Å². The first kappa shape index (κ1) is 102. The van der Waals surface area contributed by atoms with Gasteiger partial charge >= 0.3 is 24.1 Å². The fourth-order valence-electron chi connectivity index (χ4n) is 16.2. The first-order chi connectivity index (χ1) is 71.7. The van der Waals surface area contributed by atoms with Gasteiger partial charge in [0.1, 0.15) is 11.6 Å². The molecule has 16 aromatic rings. The molecule has 0 radical (unpaired) electrons. The zero-order chi connectivity index (χ0) is 103. The first-order valence-corrected chi connectivity index (χ1v) is 50.2. The molecule has 760 valence electrons. The molecule has 44 heteroatoms. The molecule has 0 saturated carbocycles. The van der Waals surface area contributed by atoms with Gasteiger partial charge in [-0.2, -0.15) is 0 Å². The van der Waals surface area contributed by atoms with Gasteiger partial charge in [0.25, 0.3) is 0 Å². The van der Waals surface area contributed by atoms with Crippen LogP contribution >= 0.6 is 0 Å². The van der Waals surface area contributed by atoms with Crippen LogP contribution in [0.1, 0.15) is 12.5 Å². The van der Waals surface area contributed by atoms with E-state index in [1.165, 1.54) is 72.8 Å². The highest BCUT2D eigenvalue weighted by Crippen LogP contribution is 2.42. The van der Waals surface area contributed by atoms with Crippen molar-refractivity contribution in [1.29, 1.82) is 0 Å². The lowest BCUT2D eigenvalue weighted by atomic mass is 10.0. The second kappa shape index (κ2) is 47.1. The molecule has 0 aliphatic carbocycles. The third-order valence-electron chi connectivity index (χ3n) is 23.7. The van der Waals surface area contributed by atoms with Crippen molar-refractivity contribution in [2.75, 3.05) is 179 Å². The minimum Gasteiger partial charge on any atom is -0.378 e. The molecule has 0 spiro atoms. The molecule has 0 bridgehead atoms. The maximum atomic E-state index is 15.8. The predicted molar refractivity (Wildman–Crippen MR) is 553 cm³/mol. The zero-order valence-electron chi connectivity index (χ0n) is 79.7. The van der Waals surface area contributed by atoms with Gasteiger partial charge in [-0.3, -0.25) is 19.9 Å². The van der Waals surface area contributed by atoms with E-state index < -0.39 is 78.7 Å². The van der Waals surface area contributed by atoms with Crippen molar-refractivity contribution < 1.29 is 81.3 Å². The highest BCUT2D eigenvalue weighted by atomic mass is 32.2. The largest absolute Gasteiger partial charge is 0.378 e. The molecule has 0 unspecified atom stereocenters. The molecule has 4 saturated heterocycles. The predicted octanol–water partition coefficient (Wildman–Crippen LogP) is 18.8. The molecular formula is C104H98F6N24O12S2. The van der Waals surface area contributed by atoms with Crippen molar-refractivity contribution in [1.82, 2.24) is 59.8 Å². The van der Waals surface area contributed by atoms with E-state index >= 15 is 17.6 Å². The van der Waals surface area contributed by atoms with E-state index in [0.717, 1.165) is 46.2 Å². The third-order valence-corrected chi connectivity index (χ3v) is 26.6. The van der Waals surface area contributed by atoms with Crippen molar-refractivity contribution in [3.63, 3.8) is 0 Å². The highest BCUT2D eigenvalue weighted by Gasteiger charge is 2.31. The minimum atomic E-state index is -3.36. The summed E-state index contributed by atoms with van der Waals surface area (Å²) in [5, 5.41) is 20.2. The number of aromatic nitrogens is 12. The molecule has 4 fully saturated rings. The molecule has 20 rings (SSSR count). The number of H-pyrrole nitrogens is 4. The number of carbonyl (C=O) groups excluding carboxylic acids is 4. The topological polar surface area (TPSA) is 449 Å². The summed E-state index contributed by atoms with van der Waals surface area (Å²) in [5.74, 6) is -1.87. The quantitative estimate of drug-likeness (QED) is 0.0265. The normalized spacial score (nSPS) is 13.6. The molecule has 8 amide bonds. The number of nitrogens with zero attached hydrogens (tertiary/aromatic N) is 12. The molecular weight excluding hydrogens is 1960 g/mol. The number of pyridine rings is 4. The van der Waals surface area contributed by atoms with Crippen LogP contribution in [0.3, 0.4) is 0 Å². The number of aromatic amines is 4. The van der Waals surface area contributed by atoms with Crippen molar-refractivity contribution in [2.45, 2.75) is 23.6 Å². The van der Waals surface area contributed by atoms with E-state index in [1.807, 2.05) is 52.0 Å². The van der Waals surface area contributed by atoms with Crippen molar-refractivity contribution in [3.05, 3.63) is 302 Å². The SMILES string of the molecule is CCS(=O)(=O)c1ccc(NC(=O)Nc2cccc(-c3[nH]c(N4CCOCC4)nc3-c3ccncc3)c2F)cc1.CS(=O)(=O)c1ccc(NC(=O)Nc2cccc(-c3[nH]c(N4CCOCC4)nc3-c3ccncc3)c2F)cc1.Cc1cccc(NC(=O)Nc2cccc(-c3[nH]c(N4CCOCC4)nc3-c3ccncc3)c2F)c1.O=C(Nc1ccc(F)cc1F)Nc1cccc(-c2[nH]c(N3CCOCC3)nc2-c2ccncc2)c1F. The van der Waals surface area contributed by atoms with Crippen molar-refractivity contribution >= 4 is 113 Å². The number of amides is 8. The average Bonchev–Trinajstić information content (AvgIpc) is 1.64. The number of morpholine rings is 4. The lowest BCUT2D eigenvalue weighted by Gasteiger charge is -2.26. The number of hydrogen-bond acceptors (Lipinski definition) is 24. The lowest BCUT2D eigenvalue weighted by molar-refractivity contribution is 0.122. The van der Waals surface area contributed by atoms with Gasteiger partial charge in [0.15, 0.2) is 42.9 Å². The van der Waals surface area contributed by atoms with E-state index in [2.05, 4.69) is 87.3 Å². The van der Waals surface area contributed by atoms with Crippen LogP contribution < -0.4 is 62.1 Å².